The summed E-state index contributed by atoms with van der Waals surface area (Å²) in [4.78, 5) is 16.9. The second-order valence-corrected chi connectivity index (χ2v) is 4.76. The Bertz CT molecular complexity index is 677. The summed E-state index contributed by atoms with van der Waals surface area (Å²) in [6.07, 6.45) is 3.15. The number of anilines is 1. The van der Waals surface area contributed by atoms with Gasteiger partial charge < -0.3 is 4.52 Å². The molecule has 0 spiro atoms. The number of hydrogen-bond donors (Lipinski definition) is 1. The predicted molar refractivity (Wildman–Crippen MR) is 72.0 cm³/mol. The highest BCUT2D eigenvalue weighted by Crippen LogP contribution is 2.28. The van der Waals surface area contributed by atoms with Gasteiger partial charge in [0.15, 0.2) is 5.13 Å². The summed E-state index contributed by atoms with van der Waals surface area (Å²) in [7, 11) is 0. The van der Waals surface area contributed by atoms with Gasteiger partial charge in [-0.2, -0.15) is 0 Å². The van der Waals surface area contributed by atoms with E-state index in [9.17, 15) is 4.79 Å². The highest BCUT2D eigenvalue weighted by molar-refractivity contribution is 7.19. The van der Waals surface area contributed by atoms with Gasteiger partial charge in [0.25, 0.3) is 5.91 Å². The zero-order chi connectivity index (χ0) is 13.1. The molecule has 19 heavy (non-hydrogen) atoms. The van der Waals surface area contributed by atoms with Gasteiger partial charge in [-0.3, -0.25) is 10.1 Å². The Morgan fingerprint density at radius 2 is 2.05 bits per heavy atom. The minimum Gasteiger partial charge on any atom is -0.351 e. The minimum atomic E-state index is -0.355. The molecular formula is C13H9N3O2S. The van der Waals surface area contributed by atoms with Crippen LogP contribution in [-0.2, 0) is 0 Å². The molecule has 0 fully saturated rings. The second-order valence-electron chi connectivity index (χ2n) is 3.73. The van der Waals surface area contributed by atoms with Gasteiger partial charge in [-0.05, 0) is 5.56 Å². The van der Waals surface area contributed by atoms with Crippen LogP contribution in [-0.4, -0.2) is 16.0 Å². The molecule has 3 aromatic rings. The zero-order valence-corrected chi connectivity index (χ0v) is 10.6. The lowest BCUT2D eigenvalue weighted by Gasteiger charge is -1.96. The zero-order valence-electron chi connectivity index (χ0n) is 9.74. The molecule has 0 saturated heterocycles. The standard InChI is InChI=1S/C13H9N3O2S/c17-12(10-6-7-15-18-10)16-13-14-8-11(19-13)9-4-2-1-3-5-9/h1-8H,(H,14,16,17). The van der Waals surface area contributed by atoms with E-state index >= 15 is 0 Å². The van der Waals surface area contributed by atoms with Crippen molar-refractivity contribution >= 4 is 22.4 Å². The van der Waals surface area contributed by atoms with E-state index in [1.807, 2.05) is 30.3 Å². The molecule has 2 heterocycles. The van der Waals surface area contributed by atoms with Crippen LogP contribution in [0.3, 0.4) is 0 Å². The molecule has 1 amide bonds. The number of hydrogen-bond acceptors (Lipinski definition) is 5. The Morgan fingerprint density at radius 3 is 2.79 bits per heavy atom. The third kappa shape index (κ3) is 2.53. The second kappa shape index (κ2) is 5.03. The Morgan fingerprint density at radius 1 is 1.21 bits per heavy atom. The molecule has 0 aliphatic heterocycles. The van der Waals surface area contributed by atoms with Crippen LogP contribution >= 0.6 is 11.3 Å². The summed E-state index contributed by atoms with van der Waals surface area (Å²) >= 11 is 1.41. The number of aromatic nitrogens is 2. The van der Waals surface area contributed by atoms with Gasteiger partial charge in [0.05, 0.1) is 11.1 Å². The van der Waals surface area contributed by atoms with Crippen LogP contribution in [0, 0.1) is 0 Å². The number of benzene rings is 1. The van der Waals surface area contributed by atoms with Crippen molar-refractivity contribution < 1.29 is 9.32 Å². The van der Waals surface area contributed by atoms with Gasteiger partial charge in [-0.1, -0.05) is 46.8 Å². The summed E-state index contributed by atoms with van der Waals surface area (Å²) < 4.78 is 4.77. The molecule has 0 aliphatic rings. The predicted octanol–water partition coefficient (Wildman–Crippen LogP) is 3.05. The van der Waals surface area contributed by atoms with Crippen molar-refractivity contribution in [2.75, 3.05) is 5.32 Å². The van der Waals surface area contributed by atoms with Crippen molar-refractivity contribution in [1.29, 1.82) is 0 Å². The molecule has 94 valence electrons. The van der Waals surface area contributed by atoms with E-state index in [0.29, 0.717) is 5.13 Å². The number of carbonyl (C=O) groups is 1. The van der Waals surface area contributed by atoms with Crippen molar-refractivity contribution in [2.45, 2.75) is 0 Å². The summed E-state index contributed by atoms with van der Waals surface area (Å²) in [5, 5.41) is 6.68. The molecule has 1 N–H and O–H groups in total. The largest absolute Gasteiger partial charge is 0.351 e. The number of carbonyl (C=O) groups excluding carboxylic acids is 1. The SMILES string of the molecule is O=C(Nc1ncc(-c2ccccc2)s1)c1ccno1. The number of nitrogens with zero attached hydrogens (tertiary/aromatic N) is 2. The monoisotopic (exact) mass is 271 g/mol. The maximum absolute atomic E-state index is 11.7. The van der Waals surface area contributed by atoms with Gasteiger partial charge in [0.1, 0.15) is 0 Å². The molecule has 6 heteroatoms. The van der Waals surface area contributed by atoms with E-state index in [0.717, 1.165) is 10.4 Å². The van der Waals surface area contributed by atoms with Gasteiger partial charge >= 0.3 is 0 Å². The lowest BCUT2D eigenvalue weighted by molar-refractivity contribution is 0.0988. The van der Waals surface area contributed by atoms with Gasteiger partial charge in [-0.15, -0.1) is 0 Å². The molecule has 0 aliphatic carbocycles. The Hall–Kier alpha value is -2.47. The fraction of sp³-hybridized carbons (Fsp3) is 0. The van der Waals surface area contributed by atoms with E-state index in [-0.39, 0.29) is 11.7 Å². The first-order valence-corrected chi connectivity index (χ1v) is 6.38. The molecule has 0 saturated carbocycles. The third-order valence-corrected chi connectivity index (χ3v) is 3.41. The van der Waals surface area contributed by atoms with Crippen molar-refractivity contribution in [1.82, 2.24) is 10.1 Å². The van der Waals surface area contributed by atoms with Crippen LogP contribution in [0.2, 0.25) is 0 Å². The van der Waals surface area contributed by atoms with Gasteiger partial charge in [0.2, 0.25) is 5.76 Å². The lowest BCUT2D eigenvalue weighted by atomic mass is 10.2. The van der Waals surface area contributed by atoms with Crippen LogP contribution in [0.15, 0.2) is 53.3 Å². The first-order chi connectivity index (χ1) is 9.33. The molecule has 0 bridgehead atoms. The van der Waals surface area contributed by atoms with Crippen molar-refractivity contribution in [3.63, 3.8) is 0 Å². The van der Waals surface area contributed by atoms with E-state index in [1.54, 1.807) is 6.20 Å². The first-order valence-electron chi connectivity index (χ1n) is 5.56. The molecule has 5 nitrogen and oxygen atoms in total. The Balaban J connectivity index is 1.77. The fourth-order valence-corrected chi connectivity index (χ4v) is 2.38. The third-order valence-electron chi connectivity index (χ3n) is 2.45. The maximum Gasteiger partial charge on any atom is 0.296 e. The Labute approximate surface area is 112 Å². The average Bonchev–Trinajstić information content (AvgIpc) is 3.11. The van der Waals surface area contributed by atoms with Gasteiger partial charge in [-0.25, -0.2) is 4.98 Å². The molecule has 0 atom stereocenters. The van der Waals surface area contributed by atoms with Crippen LogP contribution in [0.1, 0.15) is 10.6 Å². The van der Waals surface area contributed by atoms with Crippen molar-refractivity contribution in [3.8, 4) is 10.4 Å². The van der Waals surface area contributed by atoms with Crippen LogP contribution in [0.5, 0.6) is 0 Å². The quantitative estimate of drug-likeness (QED) is 0.795. The van der Waals surface area contributed by atoms with Crippen LogP contribution in [0.4, 0.5) is 5.13 Å². The highest BCUT2D eigenvalue weighted by Gasteiger charge is 2.12. The van der Waals surface area contributed by atoms with Crippen LogP contribution < -0.4 is 5.32 Å². The minimum absolute atomic E-state index is 0.163. The molecular weight excluding hydrogens is 262 g/mol. The van der Waals surface area contributed by atoms with Crippen molar-refractivity contribution in [3.05, 3.63) is 54.6 Å². The highest BCUT2D eigenvalue weighted by atomic mass is 32.1. The van der Waals surface area contributed by atoms with E-state index in [2.05, 4.69) is 15.5 Å². The summed E-state index contributed by atoms with van der Waals surface area (Å²) in [5.41, 5.74) is 1.07. The average molecular weight is 271 g/mol. The van der Waals surface area contributed by atoms with E-state index in [4.69, 9.17) is 4.52 Å². The summed E-state index contributed by atoms with van der Waals surface area (Å²) in [5.74, 6) is -0.192. The van der Waals surface area contributed by atoms with Crippen molar-refractivity contribution in [2.24, 2.45) is 0 Å². The summed E-state index contributed by atoms with van der Waals surface area (Å²) in [6.45, 7) is 0. The molecule has 0 radical (unpaired) electrons. The van der Waals surface area contributed by atoms with E-state index < -0.39 is 0 Å². The normalized spacial score (nSPS) is 10.3. The van der Waals surface area contributed by atoms with E-state index in [1.165, 1.54) is 23.6 Å². The lowest BCUT2D eigenvalue weighted by Crippen LogP contribution is -2.10. The Kier molecular flexibility index (Phi) is 3.07. The molecule has 0 unspecified atom stereocenters. The number of nitrogens with one attached hydrogen (secondary N) is 1. The number of thiazole rings is 1. The first kappa shape index (κ1) is 11.6. The number of amides is 1. The summed E-state index contributed by atoms with van der Waals surface area (Å²) in [6, 6.07) is 11.4. The number of rotatable bonds is 3. The van der Waals surface area contributed by atoms with Gasteiger partial charge in [0, 0.05) is 12.3 Å². The maximum atomic E-state index is 11.7. The molecule has 3 rings (SSSR count). The topological polar surface area (TPSA) is 68.0 Å². The molecule has 1 aromatic carbocycles. The van der Waals surface area contributed by atoms with Crippen LogP contribution in [0.25, 0.3) is 10.4 Å². The molecule has 2 aromatic heterocycles. The smallest absolute Gasteiger partial charge is 0.296 e. The fourth-order valence-electron chi connectivity index (χ4n) is 1.56.